The number of carbonyl (C=O) groups is 1. The van der Waals surface area contributed by atoms with Crippen LogP contribution in [-0.4, -0.2) is 18.0 Å². The van der Waals surface area contributed by atoms with Gasteiger partial charge in [-0.15, -0.1) is 0 Å². The second-order valence-electron chi connectivity index (χ2n) is 3.53. The van der Waals surface area contributed by atoms with Crippen LogP contribution >= 0.6 is 0 Å². The van der Waals surface area contributed by atoms with Crippen molar-refractivity contribution in [3.05, 3.63) is 50.1 Å². The van der Waals surface area contributed by atoms with Gasteiger partial charge in [0.2, 0.25) is 11.0 Å². The number of halogens is 1. The Hall–Kier alpha value is -2.77. The van der Waals surface area contributed by atoms with E-state index in [1.54, 1.807) is 0 Å². The van der Waals surface area contributed by atoms with Gasteiger partial charge in [0.25, 0.3) is 0 Å². The largest absolute Gasteiger partial charge is 0.465 e. The molecule has 8 heteroatoms. The third-order valence-electron chi connectivity index (χ3n) is 2.42. The highest BCUT2D eigenvalue weighted by Crippen LogP contribution is 2.25. The molecule has 0 fully saturated rings. The maximum atomic E-state index is 13.3. The van der Waals surface area contributed by atoms with Gasteiger partial charge in [-0.3, -0.25) is 14.9 Å². The molecule has 0 radical (unpaired) electrons. The van der Waals surface area contributed by atoms with E-state index in [0.29, 0.717) is 6.07 Å². The Labute approximate surface area is 104 Å². The van der Waals surface area contributed by atoms with Crippen molar-refractivity contribution in [3.63, 3.8) is 0 Å². The molecule has 0 amide bonds. The first-order valence-electron chi connectivity index (χ1n) is 4.93. The Morgan fingerprint density at radius 1 is 1.47 bits per heavy atom. The van der Waals surface area contributed by atoms with Gasteiger partial charge in [-0.1, -0.05) is 0 Å². The Morgan fingerprint density at radius 2 is 2.16 bits per heavy atom. The normalized spacial score (nSPS) is 10.4. The lowest BCUT2D eigenvalue weighted by Crippen LogP contribution is -2.16. The van der Waals surface area contributed by atoms with Gasteiger partial charge < -0.3 is 9.15 Å². The molecule has 7 nitrogen and oxygen atoms in total. The lowest BCUT2D eigenvalue weighted by Gasteiger charge is -2.01. The number of nitrogens with zero attached hydrogens (tertiary/aromatic N) is 1. The number of ether oxygens (including phenoxy) is 1. The summed E-state index contributed by atoms with van der Waals surface area (Å²) in [5.41, 5.74) is -2.45. The molecule has 0 aliphatic heterocycles. The molecule has 0 unspecified atom stereocenters. The van der Waals surface area contributed by atoms with E-state index in [0.717, 1.165) is 19.4 Å². The molecule has 0 aliphatic carbocycles. The van der Waals surface area contributed by atoms with E-state index in [1.165, 1.54) is 0 Å². The Morgan fingerprint density at radius 3 is 2.74 bits per heavy atom. The lowest BCUT2D eigenvalue weighted by molar-refractivity contribution is -0.383. The van der Waals surface area contributed by atoms with E-state index < -0.39 is 44.4 Å². The quantitative estimate of drug-likeness (QED) is 0.465. The van der Waals surface area contributed by atoms with Crippen molar-refractivity contribution in [2.45, 2.75) is 0 Å². The zero-order valence-corrected chi connectivity index (χ0v) is 9.51. The molecular formula is C11H6FNO6. The highest BCUT2D eigenvalue weighted by molar-refractivity contribution is 5.94. The maximum absolute atomic E-state index is 13.3. The highest BCUT2D eigenvalue weighted by Gasteiger charge is 2.22. The number of nitro groups is 1. The minimum absolute atomic E-state index is 0.394. The number of hydrogen-bond acceptors (Lipinski definition) is 6. The number of carbonyl (C=O) groups excluding carboxylic acids is 1. The van der Waals surface area contributed by atoms with Gasteiger partial charge in [-0.25, -0.2) is 9.18 Å². The third-order valence-corrected chi connectivity index (χ3v) is 2.42. The van der Waals surface area contributed by atoms with Crippen LogP contribution in [0.4, 0.5) is 10.1 Å². The number of methoxy groups -OCH3 is 1. The monoisotopic (exact) mass is 267 g/mol. The van der Waals surface area contributed by atoms with Crippen LogP contribution in [0.15, 0.2) is 27.6 Å². The summed E-state index contributed by atoms with van der Waals surface area (Å²) in [4.78, 5) is 33.0. The molecule has 0 saturated carbocycles. The Kier molecular flexibility index (Phi) is 2.99. The minimum Gasteiger partial charge on any atom is -0.465 e. The molecule has 0 spiro atoms. The number of non-ortho nitro benzene ring substituents is 1. The van der Waals surface area contributed by atoms with Gasteiger partial charge in [0, 0.05) is 0 Å². The van der Waals surface area contributed by atoms with Crippen LogP contribution in [-0.2, 0) is 4.74 Å². The first-order valence-corrected chi connectivity index (χ1v) is 4.93. The van der Waals surface area contributed by atoms with E-state index in [9.17, 15) is 24.1 Å². The fraction of sp³-hybridized carbons (Fsp3) is 0.0909. The first kappa shape index (κ1) is 12.7. The van der Waals surface area contributed by atoms with Crippen LogP contribution in [0.2, 0.25) is 0 Å². The van der Waals surface area contributed by atoms with E-state index >= 15 is 0 Å². The van der Waals surface area contributed by atoms with E-state index in [2.05, 4.69) is 4.74 Å². The summed E-state index contributed by atoms with van der Waals surface area (Å²) >= 11 is 0. The molecule has 1 aromatic heterocycles. The number of nitro benzene ring substituents is 1. The van der Waals surface area contributed by atoms with Crippen molar-refractivity contribution >= 4 is 22.6 Å². The molecule has 2 aromatic rings. The van der Waals surface area contributed by atoms with Crippen LogP contribution in [0.5, 0.6) is 0 Å². The van der Waals surface area contributed by atoms with Gasteiger partial charge in [0.05, 0.1) is 23.5 Å². The minimum atomic E-state index is -0.978. The van der Waals surface area contributed by atoms with Gasteiger partial charge in [-0.2, -0.15) is 0 Å². The Bertz CT molecular complexity index is 751. The van der Waals surface area contributed by atoms with Crippen molar-refractivity contribution in [1.82, 2.24) is 0 Å². The van der Waals surface area contributed by atoms with Crippen molar-refractivity contribution < 1.29 is 23.3 Å². The first-order chi connectivity index (χ1) is 8.95. The summed E-state index contributed by atoms with van der Waals surface area (Å²) in [6, 6.07) is 1.39. The van der Waals surface area contributed by atoms with Gasteiger partial charge in [0.15, 0.2) is 0 Å². The van der Waals surface area contributed by atoms with Crippen molar-refractivity contribution in [3.8, 4) is 0 Å². The topological polar surface area (TPSA) is 99.7 Å². The second-order valence-corrected chi connectivity index (χ2v) is 3.53. The number of benzene rings is 1. The summed E-state index contributed by atoms with van der Waals surface area (Å²) in [5, 5.41) is 10.3. The molecule has 98 valence electrons. The zero-order valence-electron chi connectivity index (χ0n) is 9.51. The fourth-order valence-electron chi connectivity index (χ4n) is 1.57. The van der Waals surface area contributed by atoms with Crippen LogP contribution in [0.25, 0.3) is 11.0 Å². The standard InChI is InChI=1S/C11H6FNO6/c1-18-11(15)7-4-19-10-6(9(7)14)2-5(12)3-8(10)13(16)17/h2-4H,1H3. The Balaban J connectivity index is 2.88. The van der Waals surface area contributed by atoms with E-state index in [-0.39, 0.29) is 0 Å². The summed E-state index contributed by atoms with van der Waals surface area (Å²) in [6.45, 7) is 0. The molecule has 0 atom stereocenters. The summed E-state index contributed by atoms with van der Waals surface area (Å²) in [6.07, 6.45) is 0.751. The smallest absolute Gasteiger partial charge is 0.345 e. The molecule has 2 rings (SSSR count). The number of hydrogen-bond donors (Lipinski definition) is 0. The number of rotatable bonds is 2. The SMILES string of the molecule is COC(=O)c1coc2c([N+](=O)[O-])cc(F)cc2c1=O. The molecule has 1 heterocycles. The number of esters is 1. The van der Waals surface area contributed by atoms with Gasteiger partial charge >= 0.3 is 11.7 Å². The molecule has 0 N–H and O–H groups in total. The van der Waals surface area contributed by atoms with Crippen molar-refractivity contribution in [2.24, 2.45) is 0 Å². The summed E-state index contributed by atoms with van der Waals surface area (Å²) < 4.78 is 22.5. The van der Waals surface area contributed by atoms with E-state index in [1.807, 2.05) is 0 Å². The summed E-state index contributed by atoms with van der Waals surface area (Å²) in [7, 11) is 1.06. The maximum Gasteiger partial charge on any atom is 0.345 e. The molecule has 1 aromatic carbocycles. The fourth-order valence-corrected chi connectivity index (χ4v) is 1.57. The third kappa shape index (κ3) is 2.03. The molecule has 19 heavy (non-hydrogen) atoms. The van der Waals surface area contributed by atoms with Crippen LogP contribution in [0.1, 0.15) is 10.4 Å². The van der Waals surface area contributed by atoms with Crippen molar-refractivity contribution in [2.75, 3.05) is 7.11 Å². The predicted molar refractivity (Wildman–Crippen MR) is 60.4 cm³/mol. The molecule has 0 bridgehead atoms. The lowest BCUT2D eigenvalue weighted by atomic mass is 10.1. The van der Waals surface area contributed by atoms with E-state index in [4.69, 9.17) is 4.42 Å². The van der Waals surface area contributed by atoms with Gasteiger partial charge in [0.1, 0.15) is 17.6 Å². The molecular weight excluding hydrogens is 261 g/mol. The predicted octanol–water partition coefficient (Wildman–Crippen LogP) is 1.63. The second kappa shape index (κ2) is 4.48. The molecule has 0 aliphatic rings. The van der Waals surface area contributed by atoms with Crippen LogP contribution in [0, 0.1) is 15.9 Å². The zero-order chi connectivity index (χ0) is 14.2. The molecule has 0 saturated heterocycles. The highest BCUT2D eigenvalue weighted by atomic mass is 19.1. The average Bonchev–Trinajstić information content (AvgIpc) is 2.38. The van der Waals surface area contributed by atoms with Gasteiger partial charge in [-0.05, 0) is 6.07 Å². The van der Waals surface area contributed by atoms with Crippen molar-refractivity contribution in [1.29, 1.82) is 0 Å². The van der Waals surface area contributed by atoms with Crippen LogP contribution in [0.3, 0.4) is 0 Å². The average molecular weight is 267 g/mol. The van der Waals surface area contributed by atoms with Crippen LogP contribution < -0.4 is 5.43 Å². The number of fused-ring (bicyclic) bond motifs is 1. The summed E-state index contributed by atoms with van der Waals surface area (Å²) in [5.74, 6) is -1.95.